The first-order valence-electron chi connectivity index (χ1n) is 7.59. The first-order chi connectivity index (χ1) is 10.4. The van der Waals surface area contributed by atoms with Crippen LogP contribution in [0, 0.1) is 0 Å². The zero-order valence-electron chi connectivity index (χ0n) is 14.4. The SMILES string of the molecule is CCCCN(C)C(=NC)NCCc1ccc(S(C)(=O)=O)cc1.I. The number of hydrogen-bond acceptors (Lipinski definition) is 3. The van der Waals surface area contributed by atoms with Gasteiger partial charge in [0, 0.05) is 33.4 Å². The summed E-state index contributed by atoms with van der Waals surface area (Å²) >= 11 is 0. The second kappa shape index (κ2) is 10.9. The van der Waals surface area contributed by atoms with Gasteiger partial charge in [0.05, 0.1) is 4.90 Å². The Hall–Kier alpha value is -0.830. The smallest absolute Gasteiger partial charge is 0.193 e. The van der Waals surface area contributed by atoms with Crippen molar-refractivity contribution >= 4 is 39.8 Å². The second-order valence-electron chi connectivity index (χ2n) is 5.42. The summed E-state index contributed by atoms with van der Waals surface area (Å²) in [6.07, 6.45) is 4.35. The fourth-order valence-corrected chi connectivity index (χ4v) is 2.74. The molecule has 0 spiro atoms. The van der Waals surface area contributed by atoms with Crippen LogP contribution in [0.4, 0.5) is 0 Å². The number of aliphatic imine (C=N–C) groups is 1. The lowest BCUT2D eigenvalue weighted by Crippen LogP contribution is -2.40. The highest BCUT2D eigenvalue weighted by Crippen LogP contribution is 2.10. The molecule has 0 bridgehead atoms. The number of nitrogens with zero attached hydrogens (tertiary/aromatic N) is 2. The van der Waals surface area contributed by atoms with Crippen LogP contribution in [-0.2, 0) is 16.3 Å². The molecule has 132 valence electrons. The summed E-state index contributed by atoms with van der Waals surface area (Å²) in [6, 6.07) is 7.04. The van der Waals surface area contributed by atoms with Gasteiger partial charge in [-0.3, -0.25) is 4.99 Å². The van der Waals surface area contributed by atoms with Crippen LogP contribution in [0.15, 0.2) is 34.2 Å². The maximum Gasteiger partial charge on any atom is 0.193 e. The van der Waals surface area contributed by atoms with Crippen LogP contribution < -0.4 is 5.32 Å². The second-order valence-corrected chi connectivity index (χ2v) is 7.43. The average Bonchev–Trinajstić information content (AvgIpc) is 2.48. The molecule has 0 atom stereocenters. The zero-order valence-corrected chi connectivity index (χ0v) is 17.5. The molecule has 0 aromatic heterocycles. The van der Waals surface area contributed by atoms with Crippen molar-refractivity contribution in [2.75, 3.05) is 33.4 Å². The molecule has 1 aromatic carbocycles. The Morgan fingerprint density at radius 2 is 1.87 bits per heavy atom. The van der Waals surface area contributed by atoms with Gasteiger partial charge < -0.3 is 10.2 Å². The molecule has 0 saturated carbocycles. The van der Waals surface area contributed by atoms with Crippen LogP contribution in [0.5, 0.6) is 0 Å². The lowest BCUT2D eigenvalue weighted by molar-refractivity contribution is 0.465. The van der Waals surface area contributed by atoms with Crippen LogP contribution in [0.2, 0.25) is 0 Å². The Labute approximate surface area is 157 Å². The van der Waals surface area contributed by atoms with E-state index in [1.165, 1.54) is 6.26 Å². The van der Waals surface area contributed by atoms with Crippen LogP contribution in [0.3, 0.4) is 0 Å². The topological polar surface area (TPSA) is 61.8 Å². The minimum atomic E-state index is -3.12. The van der Waals surface area contributed by atoms with Crippen LogP contribution in [0.1, 0.15) is 25.3 Å². The molecule has 23 heavy (non-hydrogen) atoms. The van der Waals surface area contributed by atoms with Crippen LogP contribution in [0.25, 0.3) is 0 Å². The lowest BCUT2D eigenvalue weighted by Gasteiger charge is -2.21. The summed E-state index contributed by atoms with van der Waals surface area (Å²) < 4.78 is 22.8. The number of hydrogen-bond donors (Lipinski definition) is 1. The predicted molar refractivity (Wildman–Crippen MR) is 108 cm³/mol. The standard InChI is InChI=1S/C16H27N3O2S.HI/c1-5-6-13-19(3)16(17-2)18-12-11-14-7-9-15(10-8-14)22(4,20)21;/h7-10H,5-6,11-13H2,1-4H3,(H,17,18);1H. The Balaban J connectivity index is 0.00000484. The van der Waals surface area contributed by atoms with Crippen molar-refractivity contribution in [3.05, 3.63) is 29.8 Å². The highest BCUT2D eigenvalue weighted by Gasteiger charge is 2.07. The van der Waals surface area contributed by atoms with Crippen molar-refractivity contribution in [2.45, 2.75) is 31.1 Å². The van der Waals surface area contributed by atoms with Crippen molar-refractivity contribution < 1.29 is 8.42 Å². The van der Waals surface area contributed by atoms with E-state index in [9.17, 15) is 8.42 Å². The molecule has 0 saturated heterocycles. The number of halogens is 1. The fourth-order valence-electron chi connectivity index (χ4n) is 2.11. The van der Waals surface area contributed by atoms with Gasteiger partial charge in [-0.1, -0.05) is 25.5 Å². The summed E-state index contributed by atoms with van der Waals surface area (Å²) in [7, 11) is 0.698. The Morgan fingerprint density at radius 1 is 1.26 bits per heavy atom. The number of unbranched alkanes of at least 4 members (excludes halogenated alkanes) is 1. The maximum absolute atomic E-state index is 11.4. The Morgan fingerprint density at radius 3 is 2.35 bits per heavy atom. The predicted octanol–water partition coefficient (Wildman–Crippen LogP) is 2.56. The highest BCUT2D eigenvalue weighted by molar-refractivity contribution is 14.0. The van der Waals surface area contributed by atoms with E-state index in [-0.39, 0.29) is 24.0 Å². The van der Waals surface area contributed by atoms with E-state index in [0.717, 1.165) is 43.9 Å². The molecule has 0 radical (unpaired) electrons. The van der Waals surface area contributed by atoms with Gasteiger partial charge >= 0.3 is 0 Å². The number of nitrogens with one attached hydrogen (secondary N) is 1. The van der Waals surface area contributed by atoms with E-state index < -0.39 is 9.84 Å². The molecule has 7 heteroatoms. The van der Waals surface area contributed by atoms with E-state index in [0.29, 0.717) is 4.90 Å². The largest absolute Gasteiger partial charge is 0.356 e. The van der Waals surface area contributed by atoms with E-state index in [4.69, 9.17) is 0 Å². The first-order valence-corrected chi connectivity index (χ1v) is 9.48. The Bertz CT molecular complexity index is 586. The van der Waals surface area contributed by atoms with Crippen molar-refractivity contribution in [1.29, 1.82) is 0 Å². The summed E-state index contributed by atoms with van der Waals surface area (Å²) in [5, 5.41) is 3.33. The van der Waals surface area contributed by atoms with Gasteiger partial charge in [0.15, 0.2) is 15.8 Å². The van der Waals surface area contributed by atoms with Gasteiger partial charge in [0.1, 0.15) is 0 Å². The molecule has 1 N–H and O–H groups in total. The average molecular weight is 453 g/mol. The van der Waals surface area contributed by atoms with Crippen LogP contribution >= 0.6 is 24.0 Å². The highest BCUT2D eigenvalue weighted by atomic mass is 127. The zero-order chi connectivity index (χ0) is 16.6. The maximum atomic E-state index is 11.4. The fraction of sp³-hybridized carbons (Fsp3) is 0.562. The van der Waals surface area contributed by atoms with E-state index in [1.54, 1.807) is 19.2 Å². The number of rotatable bonds is 7. The lowest BCUT2D eigenvalue weighted by atomic mass is 10.1. The summed E-state index contributed by atoms with van der Waals surface area (Å²) in [5.74, 6) is 0.890. The molecular weight excluding hydrogens is 425 g/mol. The normalized spacial score (nSPS) is 11.7. The van der Waals surface area contributed by atoms with Gasteiger partial charge in [0.25, 0.3) is 0 Å². The van der Waals surface area contributed by atoms with Gasteiger partial charge in [-0.2, -0.15) is 0 Å². The molecule has 1 rings (SSSR count). The van der Waals surface area contributed by atoms with Gasteiger partial charge in [-0.05, 0) is 30.5 Å². The van der Waals surface area contributed by atoms with Crippen molar-refractivity contribution in [3.8, 4) is 0 Å². The number of sulfone groups is 1. The monoisotopic (exact) mass is 453 g/mol. The molecule has 0 unspecified atom stereocenters. The third-order valence-corrected chi connectivity index (χ3v) is 4.60. The quantitative estimate of drug-likeness (QED) is 0.392. The third-order valence-electron chi connectivity index (χ3n) is 3.47. The molecule has 0 fully saturated rings. The van der Waals surface area contributed by atoms with E-state index in [2.05, 4.69) is 22.1 Å². The first kappa shape index (κ1) is 22.2. The molecule has 1 aromatic rings. The van der Waals surface area contributed by atoms with Gasteiger partial charge in [-0.15, -0.1) is 24.0 Å². The molecule has 0 heterocycles. The molecule has 0 amide bonds. The van der Waals surface area contributed by atoms with Crippen molar-refractivity contribution in [1.82, 2.24) is 10.2 Å². The molecule has 5 nitrogen and oxygen atoms in total. The molecular formula is C16H28IN3O2S. The molecule has 0 aliphatic heterocycles. The minimum absolute atomic E-state index is 0. The van der Waals surface area contributed by atoms with Crippen molar-refractivity contribution in [2.24, 2.45) is 4.99 Å². The molecule has 0 aliphatic rings. The van der Waals surface area contributed by atoms with Crippen LogP contribution in [-0.4, -0.2) is 52.7 Å². The summed E-state index contributed by atoms with van der Waals surface area (Å²) in [6.45, 7) is 3.92. The minimum Gasteiger partial charge on any atom is -0.356 e. The van der Waals surface area contributed by atoms with Crippen molar-refractivity contribution in [3.63, 3.8) is 0 Å². The van der Waals surface area contributed by atoms with Gasteiger partial charge in [-0.25, -0.2) is 8.42 Å². The van der Waals surface area contributed by atoms with E-state index in [1.807, 2.05) is 19.2 Å². The van der Waals surface area contributed by atoms with Gasteiger partial charge in [0.2, 0.25) is 0 Å². The summed E-state index contributed by atoms with van der Waals surface area (Å²) in [5.41, 5.74) is 1.10. The molecule has 0 aliphatic carbocycles. The summed E-state index contributed by atoms with van der Waals surface area (Å²) in [4.78, 5) is 6.75. The number of benzene rings is 1. The third kappa shape index (κ3) is 8.01. The Kier molecular flexibility index (Phi) is 10.5. The number of guanidine groups is 1. The van der Waals surface area contributed by atoms with E-state index >= 15 is 0 Å².